The van der Waals surface area contributed by atoms with Gasteiger partial charge in [-0.25, -0.2) is 4.39 Å². The molecule has 2 amide bonds. The Morgan fingerprint density at radius 2 is 1.47 bits per heavy atom. The first-order chi connectivity index (χ1) is 15.4. The van der Waals surface area contributed by atoms with E-state index in [0.717, 1.165) is 5.56 Å². The highest BCUT2D eigenvalue weighted by atomic mass is 19.1. The molecule has 0 heterocycles. The van der Waals surface area contributed by atoms with Gasteiger partial charge < -0.3 is 19.7 Å². The lowest BCUT2D eigenvalue weighted by Gasteiger charge is -2.23. The van der Waals surface area contributed by atoms with Crippen LogP contribution in [0.5, 0.6) is 11.5 Å². The van der Waals surface area contributed by atoms with Gasteiger partial charge in [-0.3, -0.25) is 9.59 Å². The summed E-state index contributed by atoms with van der Waals surface area (Å²) in [5, 5.41) is 2.81. The lowest BCUT2D eigenvalue weighted by Crippen LogP contribution is -2.38. The number of carbonyl (C=O) groups excluding carboxylic acids is 2. The number of nitrogens with one attached hydrogen (secondary N) is 1. The minimum Gasteiger partial charge on any atom is -0.497 e. The van der Waals surface area contributed by atoms with Crippen molar-refractivity contribution < 1.29 is 23.5 Å². The SMILES string of the molecule is COc1cc(OC)cc(C(=O)NCCN(C(=O)c2ccc(C)cc2)c2ccc(F)cc2)c1. The normalized spacial score (nSPS) is 10.4. The lowest BCUT2D eigenvalue weighted by atomic mass is 10.1. The molecule has 7 heteroatoms. The summed E-state index contributed by atoms with van der Waals surface area (Å²) in [7, 11) is 3.02. The topological polar surface area (TPSA) is 67.9 Å². The van der Waals surface area contributed by atoms with Crippen LogP contribution < -0.4 is 19.7 Å². The second-order valence-electron chi connectivity index (χ2n) is 7.16. The molecule has 0 unspecified atom stereocenters. The number of nitrogens with zero attached hydrogens (tertiary/aromatic N) is 1. The largest absolute Gasteiger partial charge is 0.497 e. The molecule has 0 radical (unpaired) electrons. The van der Waals surface area contributed by atoms with E-state index in [2.05, 4.69) is 5.32 Å². The first-order valence-electron chi connectivity index (χ1n) is 10.1. The van der Waals surface area contributed by atoms with Crippen LogP contribution in [0.2, 0.25) is 0 Å². The molecule has 0 aliphatic heterocycles. The molecule has 0 bridgehead atoms. The number of ether oxygens (including phenoxy) is 2. The smallest absolute Gasteiger partial charge is 0.258 e. The van der Waals surface area contributed by atoms with Gasteiger partial charge >= 0.3 is 0 Å². The minimum absolute atomic E-state index is 0.188. The molecule has 0 saturated heterocycles. The standard InChI is InChI=1S/C25H25FN2O4/c1-17-4-6-18(7-5-17)25(30)28(21-10-8-20(26)9-11-21)13-12-27-24(29)19-14-22(31-2)16-23(15-19)32-3/h4-11,14-16H,12-13H2,1-3H3,(H,27,29). The fraction of sp³-hybridized carbons (Fsp3) is 0.200. The van der Waals surface area contributed by atoms with Crippen LogP contribution in [-0.2, 0) is 0 Å². The van der Waals surface area contributed by atoms with Gasteiger partial charge in [-0.2, -0.15) is 0 Å². The molecule has 6 nitrogen and oxygen atoms in total. The van der Waals surface area contributed by atoms with Gasteiger partial charge in [-0.1, -0.05) is 17.7 Å². The zero-order valence-corrected chi connectivity index (χ0v) is 18.2. The number of hydrogen-bond donors (Lipinski definition) is 1. The maximum absolute atomic E-state index is 13.4. The number of methoxy groups -OCH3 is 2. The molecule has 0 fully saturated rings. The van der Waals surface area contributed by atoms with Gasteiger partial charge in [0.05, 0.1) is 14.2 Å². The second-order valence-corrected chi connectivity index (χ2v) is 7.16. The number of aryl methyl sites for hydroxylation is 1. The fourth-order valence-corrected chi connectivity index (χ4v) is 3.14. The Kier molecular flexibility index (Phi) is 7.44. The Bertz CT molecular complexity index is 1060. The third-order valence-electron chi connectivity index (χ3n) is 4.92. The van der Waals surface area contributed by atoms with Crippen LogP contribution >= 0.6 is 0 Å². The Labute approximate surface area is 186 Å². The van der Waals surface area contributed by atoms with Crippen LogP contribution in [0.3, 0.4) is 0 Å². The van der Waals surface area contributed by atoms with Gasteiger partial charge in [-0.15, -0.1) is 0 Å². The summed E-state index contributed by atoms with van der Waals surface area (Å²) in [4.78, 5) is 27.3. The molecule has 0 aliphatic rings. The number of carbonyl (C=O) groups is 2. The van der Waals surface area contributed by atoms with Crippen LogP contribution in [0, 0.1) is 12.7 Å². The molecule has 3 rings (SSSR count). The fourth-order valence-electron chi connectivity index (χ4n) is 3.14. The highest BCUT2D eigenvalue weighted by Crippen LogP contribution is 2.22. The first-order valence-corrected chi connectivity index (χ1v) is 10.1. The van der Waals surface area contributed by atoms with E-state index in [-0.39, 0.29) is 24.9 Å². The second kappa shape index (κ2) is 10.4. The van der Waals surface area contributed by atoms with Crippen molar-refractivity contribution in [3.63, 3.8) is 0 Å². The minimum atomic E-state index is -0.392. The Hall–Kier alpha value is -3.87. The van der Waals surface area contributed by atoms with Crippen LogP contribution in [0.15, 0.2) is 66.7 Å². The third kappa shape index (κ3) is 5.63. The van der Waals surface area contributed by atoms with Gasteiger partial charge in [-0.05, 0) is 55.5 Å². The quantitative estimate of drug-likeness (QED) is 0.574. The van der Waals surface area contributed by atoms with Gasteiger partial charge in [0.1, 0.15) is 17.3 Å². The van der Waals surface area contributed by atoms with Crippen LogP contribution in [-0.4, -0.2) is 39.1 Å². The van der Waals surface area contributed by atoms with Gasteiger partial charge in [0.2, 0.25) is 0 Å². The molecule has 1 N–H and O–H groups in total. The van der Waals surface area contributed by atoms with Crippen molar-refractivity contribution in [2.75, 3.05) is 32.2 Å². The predicted octanol–water partition coefficient (Wildman–Crippen LogP) is 4.23. The van der Waals surface area contributed by atoms with Crippen molar-refractivity contribution in [3.8, 4) is 11.5 Å². The van der Waals surface area contributed by atoms with E-state index >= 15 is 0 Å². The average molecular weight is 436 g/mol. The van der Waals surface area contributed by atoms with E-state index in [0.29, 0.717) is 28.3 Å². The number of hydrogen-bond acceptors (Lipinski definition) is 4. The third-order valence-corrected chi connectivity index (χ3v) is 4.92. The molecule has 166 valence electrons. The van der Waals surface area contributed by atoms with Crippen molar-refractivity contribution in [1.29, 1.82) is 0 Å². The zero-order chi connectivity index (χ0) is 23.1. The van der Waals surface area contributed by atoms with E-state index in [1.165, 1.54) is 43.4 Å². The molecule has 32 heavy (non-hydrogen) atoms. The van der Waals surface area contributed by atoms with Crippen molar-refractivity contribution in [2.45, 2.75) is 6.92 Å². The van der Waals surface area contributed by atoms with E-state index in [9.17, 15) is 14.0 Å². The molecule has 0 aliphatic carbocycles. The highest BCUT2D eigenvalue weighted by molar-refractivity contribution is 6.06. The lowest BCUT2D eigenvalue weighted by molar-refractivity contribution is 0.0942. The molecule has 0 saturated carbocycles. The maximum atomic E-state index is 13.4. The number of rotatable bonds is 8. The number of anilines is 1. The van der Waals surface area contributed by atoms with E-state index in [1.807, 2.05) is 19.1 Å². The molecule has 3 aromatic rings. The van der Waals surface area contributed by atoms with Crippen molar-refractivity contribution >= 4 is 17.5 Å². The maximum Gasteiger partial charge on any atom is 0.258 e. The molecule has 3 aromatic carbocycles. The van der Waals surface area contributed by atoms with Gasteiger partial charge in [0, 0.05) is 36.0 Å². The Morgan fingerprint density at radius 3 is 2.03 bits per heavy atom. The summed E-state index contributed by atoms with van der Waals surface area (Å²) in [6, 6.07) is 17.8. The summed E-state index contributed by atoms with van der Waals surface area (Å²) < 4.78 is 23.8. The molecule has 0 aromatic heterocycles. The summed E-state index contributed by atoms with van der Waals surface area (Å²) in [6.45, 7) is 2.33. The molecule has 0 spiro atoms. The predicted molar refractivity (Wildman–Crippen MR) is 121 cm³/mol. The summed E-state index contributed by atoms with van der Waals surface area (Å²) in [5.41, 5.74) is 2.45. The molecule has 0 atom stereocenters. The highest BCUT2D eigenvalue weighted by Gasteiger charge is 2.18. The summed E-state index contributed by atoms with van der Waals surface area (Å²) in [6.07, 6.45) is 0. The van der Waals surface area contributed by atoms with Crippen molar-refractivity contribution in [2.24, 2.45) is 0 Å². The Morgan fingerprint density at radius 1 is 0.875 bits per heavy atom. The number of amides is 2. The average Bonchev–Trinajstić information content (AvgIpc) is 2.82. The van der Waals surface area contributed by atoms with E-state index < -0.39 is 5.82 Å². The molecular formula is C25H25FN2O4. The van der Waals surface area contributed by atoms with Crippen LogP contribution in [0.4, 0.5) is 10.1 Å². The van der Waals surface area contributed by atoms with E-state index in [4.69, 9.17) is 9.47 Å². The van der Waals surface area contributed by atoms with Crippen LogP contribution in [0.1, 0.15) is 26.3 Å². The van der Waals surface area contributed by atoms with Gasteiger partial charge in [0.15, 0.2) is 0 Å². The van der Waals surface area contributed by atoms with E-state index in [1.54, 1.807) is 30.3 Å². The van der Waals surface area contributed by atoms with Crippen LogP contribution in [0.25, 0.3) is 0 Å². The summed E-state index contributed by atoms with van der Waals surface area (Å²) >= 11 is 0. The monoisotopic (exact) mass is 436 g/mol. The first kappa shape index (κ1) is 22.8. The Balaban J connectivity index is 1.75. The van der Waals surface area contributed by atoms with Crippen molar-refractivity contribution in [1.82, 2.24) is 5.32 Å². The molecular weight excluding hydrogens is 411 g/mol. The number of halogens is 1. The summed E-state index contributed by atoms with van der Waals surface area (Å²) in [5.74, 6) is 0.0312. The number of benzene rings is 3. The van der Waals surface area contributed by atoms with Crippen molar-refractivity contribution in [3.05, 3.63) is 89.2 Å². The zero-order valence-electron chi connectivity index (χ0n) is 18.2. The van der Waals surface area contributed by atoms with Gasteiger partial charge in [0.25, 0.3) is 11.8 Å².